The smallest absolute Gasteiger partial charge is 0.333 e. The van der Waals surface area contributed by atoms with Crippen molar-refractivity contribution in [1.82, 2.24) is 0 Å². The van der Waals surface area contributed by atoms with Gasteiger partial charge < -0.3 is 9.47 Å². The number of hydrogen-bond donors (Lipinski definition) is 0. The Morgan fingerprint density at radius 3 is 2.89 bits per heavy atom. The van der Waals surface area contributed by atoms with Crippen molar-refractivity contribution < 1.29 is 19.1 Å². The third kappa shape index (κ3) is 1.66. The maximum atomic E-state index is 11.7. The molecule has 1 saturated heterocycles. The largest absolute Gasteiger partial charge is 0.465 e. The lowest BCUT2D eigenvalue weighted by atomic mass is 9.58. The highest BCUT2D eigenvalue weighted by atomic mass is 16.6. The molecule has 3 saturated carbocycles. The Morgan fingerprint density at radius 1 is 1.39 bits per heavy atom. The van der Waals surface area contributed by atoms with Crippen LogP contribution in [0.25, 0.3) is 0 Å². The molecule has 4 nitrogen and oxygen atoms in total. The van der Waals surface area contributed by atoms with Gasteiger partial charge in [0.25, 0.3) is 0 Å². The molecule has 2 bridgehead atoms. The molecule has 98 valence electrons. The van der Waals surface area contributed by atoms with Crippen molar-refractivity contribution in [3.05, 3.63) is 12.2 Å². The van der Waals surface area contributed by atoms with Gasteiger partial charge in [0, 0.05) is 17.4 Å². The summed E-state index contributed by atoms with van der Waals surface area (Å²) in [5.41, 5.74) is 0.437. The predicted molar refractivity (Wildman–Crippen MR) is 63.5 cm³/mol. The van der Waals surface area contributed by atoms with E-state index in [-0.39, 0.29) is 35.8 Å². The Morgan fingerprint density at radius 2 is 2.17 bits per heavy atom. The van der Waals surface area contributed by atoms with Gasteiger partial charge >= 0.3 is 11.9 Å². The van der Waals surface area contributed by atoms with E-state index in [2.05, 4.69) is 6.58 Å². The topological polar surface area (TPSA) is 52.6 Å². The molecule has 0 aromatic carbocycles. The van der Waals surface area contributed by atoms with Crippen LogP contribution in [0.15, 0.2) is 12.2 Å². The van der Waals surface area contributed by atoms with Gasteiger partial charge in [-0.15, -0.1) is 0 Å². The Kier molecular flexibility index (Phi) is 2.68. The number of hydrogen-bond acceptors (Lipinski definition) is 4. The summed E-state index contributed by atoms with van der Waals surface area (Å²) in [4.78, 5) is 23.3. The van der Waals surface area contributed by atoms with Crippen LogP contribution in [-0.2, 0) is 19.1 Å². The maximum absolute atomic E-state index is 11.7. The highest BCUT2D eigenvalue weighted by Gasteiger charge is 2.56. The van der Waals surface area contributed by atoms with E-state index in [0.717, 1.165) is 19.3 Å². The van der Waals surface area contributed by atoms with E-state index < -0.39 is 0 Å². The molecule has 0 radical (unpaired) electrons. The zero-order valence-electron chi connectivity index (χ0n) is 10.6. The summed E-state index contributed by atoms with van der Waals surface area (Å²) in [5.74, 6) is 0.581. The third-order valence-corrected chi connectivity index (χ3v) is 4.70. The molecule has 1 heterocycles. The molecule has 0 spiro atoms. The fourth-order valence-corrected chi connectivity index (χ4v) is 3.86. The summed E-state index contributed by atoms with van der Waals surface area (Å²) >= 11 is 0. The van der Waals surface area contributed by atoms with Gasteiger partial charge in [0.15, 0.2) is 0 Å². The number of fused-ring (bicyclic) bond motifs is 2. The SMILES string of the molecule is C=C(C)C(=O)OC1CC2CCC1C1COC(=O)C21. The van der Waals surface area contributed by atoms with Crippen LogP contribution in [0, 0.1) is 23.7 Å². The van der Waals surface area contributed by atoms with Crippen molar-refractivity contribution in [1.29, 1.82) is 0 Å². The first-order chi connectivity index (χ1) is 8.58. The predicted octanol–water partition coefficient (Wildman–Crippen LogP) is 1.69. The van der Waals surface area contributed by atoms with Crippen LogP contribution in [0.4, 0.5) is 0 Å². The van der Waals surface area contributed by atoms with Gasteiger partial charge in [0.2, 0.25) is 0 Å². The first kappa shape index (κ1) is 11.8. The van der Waals surface area contributed by atoms with Crippen molar-refractivity contribution in [3.63, 3.8) is 0 Å². The van der Waals surface area contributed by atoms with Crippen molar-refractivity contribution in [2.24, 2.45) is 23.7 Å². The van der Waals surface area contributed by atoms with Crippen molar-refractivity contribution >= 4 is 11.9 Å². The Labute approximate surface area is 106 Å². The molecule has 4 rings (SSSR count). The van der Waals surface area contributed by atoms with E-state index in [0.29, 0.717) is 18.1 Å². The monoisotopic (exact) mass is 250 g/mol. The van der Waals surface area contributed by atoms with Gasteiger partial charge in [-0.1, -0.05) is 6.58 Å². The van der Waals surface area contributed by atoms with Crippen LogP contribution < -0.4 is 0 Å². The summed E-state index contributed by atoms with van der Waals surface area (Å²) in [7, 11) is 0. The second kappa shape index (κ2) is 4.11. The summed E-state index contributed by atoms with van der Waals surface area (Å²) in [6.45, 7) is 5.77. The van der Waals surface area contributed by atoms with E-state index in [1.165, 1.54) is 0 Å². The first-order valence-corrected chi connectivity index (χ1v) is 6.61. The average Bonchev–Trinajstić information content (AvgIpc) is 2.74. The van der Waals surface area contributed by atoms with Crippen LogP contribution in [0.1, 0.15) is 26.2 Å². The lowest BCUT2D eigenvalue weighted by Gasteiger charge is -2.47. The molecule has 0 N–H and O–H groups in total. The van der Waals surface area contributed by atoms with Crippen LogP contribution in [0.5, 0.6) is 0 Å². The minimum atomic E-state index is -0.311. The van der Waals surface area contributed by atoms with Gasteiger partial charge in [-0.2, -0.15) is 0 Å². The van der Waals surface area contributed by atoms with Crippen molar-refractivity contribution in [2.45, 2.75) is 32.3 Å². The molecule has 4 fully saturated rings. The lowest BCUT2D eigenvalue weighted by Crippen LogP contribution is -2.49. The molecule has 3 aliphatic carbocycles. The standard InChI is InChI=1S/C14H18O4/c1-7(2)13(15)18-11-5-8-3-4-9(11)10-6-17-14(16)12(8)10/h8-12H,1,3-6H2,2H3. The summed E-state index contributed by atoms with van der Waals surface area (Å²) in [6, 6.07) is 0. The third-order valence-electron chi connectivity index (χ3n) is 4.70. The van der Waals surface area contributed by atoms with Crippen LogP contribution in [0.3, 0.4) is 0 Å². The minimum absolute atomic E-state index is 0.0422. The lowest BCUT2D eigenvalue weighted by molar-refractivity contribution is -0.160. The van der Waals surface area contributed by atoms with E-state index >= 15 is 0 Å². The fraction of sp³-hybridized carbons (Fsp3) is 0.714. The fourth-order valence-electron chi connectivity index (χ4n) is 3.86. The average molecular weight is 250 g/mol. The van der Waals surface area contributed by atoms with Crippen LogP contribution in [-0.4, -0.2) is 24.6 Å². The molecule has 4 heteroatoms. The number of carbonyl (C=O) groups excluding carboxylic acids is 2. The van der Waals surface area contributed by atoms with Gasteiger partial charge in [-0.25, -0.2) is 4.79 Å². The van der Waals surface area contributed by atoms with Gasteiger partial charge in [0.1, 0.15) is 6.10 Å². The normalized spacial score (nSPS) is 41.2. The molecule has 0 aromatic rings. The zero-order chi connectivity index (χ0) is 12.9. The molecule has 5 atom stereocenters. The number of esters is 2. The molecule has 0 amide bonds. The van der Waals surface area contributed by atoms with Gasteiger partial charge in [-0.3, -0.25) is 4.79 Å². The second-order valence-corrected chi connectivity index (χ2v) is 5.78. The molecule has 5 unspecified atom stereocenters. The van der Waals surface area contributed by atoms with E-state index in [1.807, 2.05) is 0 Å². The van der Waals surface area contributed by atoms with E-state index in [1.54, 1.807) is 6.92 Å². The molecule has 1 aliphatic heterocycles. The Balaban J connectivity index is 1.76. The Bertz CT molecular complexity index is 414. The van der Waals surface area contributed by atoms with E-state index in [4.69, 9.17) is 9.47 Å². The molecular formula is C14H18O4. The Hall–Kier alpha value is -1.32. The van der Waals surface area contributed by atoms with Crippen LogP contribution >= 0.6 is 0 Å². The van der Waals surface area contributed by atoms with Gasteiger partial charge in [0.05, 0.1) is 12.5 Å². The quantitative estimate of drug-likeness (QED) is 0.553. The zero-order valence-corrected chi connectivity index (χ0v) is 10.6. The van der Waals surface area contributed by atoms with Crippen molar-refractivity contribution in [3.8, 4) is 0 Å². The molecule has 4 aliphatic rings. The van der Waals surface area contributed by atoms with Gasteiger partial charge in [-0.05, 0) is 32.1 Å². The second-order valence-electron chi connectivity index (χ2n) is 5.78. The summed E-state index contributed by atoms with van der Waals surface area (Å²) < 4.78 is 10.7. The number of ether oxygens (including phenoxy) is 2. The first-order valence-electron chi connectivity index (χ1n) is 6.61. The number of carbonyl (C=O) groups is 2. The van der Waals surface area contributed by atoms with E-state index in [9.17, 15) is 9.59 Å². The highest BCUT2D eigenvalue weighted by molar-refractivity contribution is 5.87. The highest BCUT2D eigenvalue weighted by Crippen LogP contribution is 2.52. The van der Waals surface area contributed by atoms with Crippen molar-refractivity contribution in [2.75, 3.05) is 6.61 Å². The maximum Gasteiger partial charge on any atom is 0.333 e. The molecule has 18 heavy (non-hydrogen) atoms. The summed E-state index contributed by atoms with van der Waals surface area (Å²) in [5, 5.41) is 0. The molecule has 0 aromatic heterocycles. The number of cyclic esters (lactones) is 1. The number of rotatable bonds is 2. The summed E-state index contributed by atoms with van der Waals surface area (Å²) in [6.07, 6.45) is 2.85. The van der Waals surface area contributed by atoms with Crippen LogP contribution in [0.2, 0.25) is 0 Å². The minimum Gasteiger partial charge on any atom is -0.465 e. The molecular weight excluding hydrogens is 232 g/mol.